The van der Waals surface area contributed by atoms with E-state index in [1.54, 1.807) is 0 Å². The largest absolute Gasteiger partial charge is 0.396 e. The highest BCUT2D eigenvalue weighted by Gasteiger charge is 1.98. The SMILES string of the molecule is OCCCCCCNCc1ccc(Cl)c(Cl)c1. The highest BCUT2D eigenvalue weighted by Crippen LogP contribution is 2.22. The molecule has 0 heterocycles. The predicted molar refractivity (Wildman–Crippen MR) is 73.7 cm³/mol. The van der Waals surface area contributed by atoms with Crippen LogP contribution >= 0.6 is 23.2 Å². The lowest BCUT2D eigenvalue weighted by Gasteiger charge is -2.06. The van der Waals surface area contributed by atoms with Gasteiger partial charge in [-0.3, -0.25) is 0 Å². The van der Waals surface area contributed by atoms with Gasteiger partial charge in [-0.1, -0.05) is 42.1 Å². The van der Waals surface area contributed by atoms with Gasteiger partial charge in [-0.05, 0) is 37.1 Å². The number of unbranched alkanes of at least 4 members (excludes halogenated alkanes) is 3. The molecule has 0 aliphatic heterocycles. The van der Waals surface area contributed by atoms with Crippen LogP contribution in [0.5, 0.6) is 0 Å². The second-order valence-electron chi connectivity index (χ2n) is 4.06. The Kier molecular flexibility index (Phi) is 7.62. The van der Waals surface area contributed by atoms with Crippen molar-refractivity contribution in [3.8, 4) is 0 Å². The van der Waals surface area contributed by atoms with Crippen LogP contribution in [0.2, 0.25) is 10.0 Å². The first-order chi connectivity index (χ1) is 8.24. The van der Waals surface area contributed by atoms with Gasteiger partial charge in [0.2, 0.25) is 0 Å². The van der Waals surface area contributed by atoms with Gasteiger partial charge in [0, 0.05) is 13.2 Å². The van der Waals surface area contributed by atoms with Gasteiger partial charge in [-0.2, -0.15) is 0 Å². The quantitative estimate of drug-likeness (QED) is 0.710. The monoisotopic (exact) mass is 275 g/mol. The van der Waals surface area contributed by atoms with E-state index in [-0.39, 0.29) is 0 Å². The molecule has 0 bridgehead atoms. The smallest absolute Gasteiger partial charge is 0.0595 e. The summed E-state index contributed by atoms with van der Waals surface area (Å²) in [6, 6.07) is 5.69. The average molecular weight is 276 g/mol. The second kappa shape index (κ2) is 8.76. The summed E-state index contributed by atoms with van der Waals surface area (Å²) >= 11 is 11.8. The first-order valence-corrected chi connectivity index (χ1v) is 6.75. The van der Waals surface area contributed by atoms with Crippen LogP contribution in [-0.2, 0) is 6.54 Å². The Balaban J connectivity index is 2.11. The lowest BCUT2D eigenvalue weighted by atomic mass is 10.2. The van der Waals surface area contributed by atoms with Gasteiger partial charge in [0.15, 0.2) is 0 Å². The summed E-state index contributed by atoms with van der Waals surface area (Å²) in [4.78, 5) is 0. The zero-order valence-corrected chi connectivity index (χ0v) is 11.4. The van der Waals surface area contributed by atoms with E-state index in [0.29, 0.717) is 16.7 Å². The molecule has 0 aliphatic rings. The fraction of sp³-hybridized carbons (Fsp3) is 0.538. The number of nitrogens with one attached hydrogen (secondary N) is 1. The summed E-state index contributed by atoms with van der Waals surface area (Å²) in [7, 11) is 0. The van der Waals surface area contributed by atoms with Crippen LogP contribution in [0, 0.1) is 0 Å². The molecule has 0 radical (unpaired) electrons. The minimum Gasteiger partial charge on any atom is -0.396 e. The summed E-state index contributed by atoms with van der Waals surface area (Å²) in [5.41, 5.74) is 1.15. The van der Waals surface area contributed by atoms with Gasteiger partial charge in [-0.25, -0.2) is 0 Å². The van der Waals surface area contributed by atoms with Gasteiger partial charge in [0.1, 0.15) is 0 Å². The van der Waals surface area contributed by atoms with E-state index in [0.717, 1.165) is 44.3 Å². The van der Waals surface area contributed by atoms with Crippen molar-refractivity contribution in [1.29, 1.82) is 0 Å². The van der Waals surface area contributed by atoms with E-state index < -0.39 is 0 Å². The third kappa shape index (κ3) is 6.27. The topological polar surface area (TPSA) is 32.3 Å². The van der Waals surface area contributed by atoms with E-state index in [2.05, 4.69) is 5.32 Å². The molecular weight excluding hydrogens is 257 g/mol. The summed E-state index contributed by atoms with van der Waals surface area (Å²) in [5, 5.41) is 13.2. The number of hydrogen-bond acceptors (Lipinski definition) is 2. The van der Waals surface area contributed by atoms with E-state index in [1.807, 2.05) is 18.2 Å². The second-order valence-corrected chi connectivity index (χ2v) is 4.88. The van der Waals surface area contributed by atoms with Gasteiger partial charge >= 0.3 is 0 Å². The summed E-state index contributed by atoms with van der Waals surface area (Å²) < 4.78 is 0. The summed E-state index contributed by atoms with van der Waals surface area (Å²) in [6.07, 6.45) is 4.31. The molecular formula is C13H19Cl2NO. The van der Waals surface area contributed by atoms with Crippen LogP contribution in [0.15, 0.2) is 18.2 Å². The summed E-state index contributed by atoms with van der Waals surface area (Å²) in [6.45, 7) is 2.11. The van der Waals surface area contributed by atoms with Crippen molar-refractivity contribution in [2.24, 2.45) is 0 Å². The molecule has 2 N–H and O–H groups in total. The van der Waals surface area contributed by atoms with Gasteiger partial charge in [-0.15, -0.1) is 0 Å². The van der Waals surface area contributed by atoms with Gasteiger partial charge in [0.25, 0.3) is 0 Å². The molecule has 0 fully saturated rings. The molecule has 0 aliphatic carbocycles. The van der Waals surface area contributed by atoms with Crippen LogP contribution < -0.4 is 5.32 Å². The highest BCUT2D eigenvalue weighted by molar-refractivity contribution is 6.42. The van der Waals surface area contributed by atoms with Crippen molar-refractivity contribution in [3.05, 3.63) is 33.8 Å². The molecule has 0 aromatic heterocycles. The number of aliphatic hydroxyl groups is 1. The molecule has 0 saturated carbocycles. The first-order valence-electron chi connectivity index (χ1n) is 5.99. The van der Waals surface area contributed by atoms with Crippen molar-refractivity contribution in [2.45, 2.75) is 32.2 Å². The zero-order valence-electron chi connectivity index (χ0n) is 9.88. The fourth-order valence-electron chi connectivity index (χ4n) is 1.60. The molecule has 1 aromatic rings. The van der Waals surface area contributed by atoms with Crippen molar-refractivity contribution < 1.29 is 5.11 Å². The van der Waals surface area contributed by atoms with Crippen LogP contribution in [0.1, 0.15) is 31.2 Å². The molecule has 0 amide bonds. The Labute approximate surface area is 113 Å². The first kappa shape index (κ1) is 14.8. The fourth-order valence-corrected chi connectivity index (χ4v) is 1.92. The van der Waals surface area contributed by atoms with E-state index in [1.165, 1.54) is 0 Å². The van der Waals surface area contributed by atoms with Crippen molar-refractivity contribution >= 4 is 23.2 Å². The molecule has 4 heteroatoms. The lowest BCUT2D eigenvalue weighted by Crippen LogP contribution is -2.14. The molecule has 1 aromatic carbocycles. The van der Waals surface area contributed by atoms with Crippen LogP contribution in [-0.4, -0.2) is 18.3 Å². The van der Waals surface area contributed by atoms with Gasteiger partial charge < -0.3 is 10.4 Å². The van der Waals surface area contributed by atoms with Crippen LogP contribution in [0.25, 0.3) is 0 Å². The van der Waals surface area contributed by atoms with E-state index >= 15 is 0 Å². The molecule has 96 valence electrons. The van der Waals surface area contributed by atoms with Crippen molar-refractivity contribution in [1.82, 2.24) is 5.32 Å². The Morgan fingerprint density at radius 2 is 1.76 bits per heavy atom. The number of hydrogen-bond donors (Lipinski definition) is 2. The molecule has 0 spiro atoms. The molecule has 2 nitrogen and oxygen atoms in total. The standard InChI is InChI=1S/C13H19Cl2NO/c14-12-6-5-11(9-13(12)15)10-16-7-3-1-2-4-8-17/h5-6,9,16-17H,1-4,7-8,10H2. The maximum atomic E-state index is 8.63. The summed E-state index contributed by atoms with van der Waals surface area (Å²) in [5.74, 6) is 0. The zero-order chi connectivity index (χ0) is 12.5. The molecule has 17 heavy (non-hydrogen) atoms. The Bertz CT molecular complexity index is 331. The number of aliphatic hydroxyl groups excluding tert-OH is 1. The normalized spacial score (nSPS) is 10.8. The lowest BCUT2D eigenvalue weighted by molar-refractivity contribution is 0.282. The maximum Gasteiger partial charge on any atom is 0.0595 e. The molecule has 0 saturated heterocycles. The number of benzene rings is 1. The highest BCUT2D eigenvalue weighted by atomic mass is 35.5. The molecule has 0 atom stereocenters. The minimum atomic E-state index is 0.302. The minimum absolute atomic E-state index is 0.302. The maximum absolute atomic E-state index is 8.63. The van der Waals surface area contributed by atoms with Crippen LogP contribution in [0.4, 0.5) is 0 Å². The predicted octanol–water partition coefficient (Wildman–Crippen LogP) is 3.64. The Hall–Kier alpha value is -0.280. The van der Waals surface area contributed by atoms with Crippen LogP contribution in [0.3, 0.4) is 0 Å². The van der Waals surface area contributed by atoms with Crippen molar-refractivity contribution in [3.63, 3.8) is 0 Å². The van der Waals surface area contributed by atoms with Gasteiger partial charge in [0.05, 0.1) is 10.0 Å². The Morgan fingerprint density at radius 1 is 1.00 bits per heavy atom. The van der Waals surface area contributed by atoms with Crippen molar-refractivity contribution in [2.75, 3.05) is 13.2 Å². The number of halogens is 2. The molecule has 1 rings (SSSR count). The Morgan fingerprint density at radius 3 is 2.47 bits per heavy atom. The third-order valence-corrected chi connectivity index (χ3v) is 3.31. The van der Waals surface area contributed by atoms with E-state index in [9.17, 15) is 0 Å². The third-order valence-electron chi connectivity index (χ3n) is 2.57. The van der Waals surface area contributed by atoms with E-state index in [4.69, 9.17) is 28.3 Å². The molecule has 0 unspecified atom stereocenters. The average Bonchev–Trinajstić information content (AvgIpc) is 2.32. The number of rotatable bonds is 8.